The Morgan fingerprint density at radius 2 is 2.56 bits per heavy atom. The monoisotopic (exact) mass is 123 g/mol. The summed E-state index contributed by atoms with van der Waals surface area (Å²) in [4.78, 5) is 0. The van der Waals surface area contributed by atoms with Crippen molar-refractivity contribution in [2.75, 3.05) is 6.54 Å². The Bertz CT molecular complexity index is 145. The lowest BCUT2D eigenvalue weighted by molar-refractivity contribution is 0.648. The van der Waals surface area contributed by atoms with E-state index in [4.69, 9.17) is 5.73 Å². The van der Waals surface area contributed by atoms with E-state index in [1.54, 1.807) is 0 Å². The molecule has 0 aromatic rings. The third-order valence-electron chi connectivity index (χ3n) is 1.65. The lowest BCUT2D eigenvalue weighted by Crippen LogP contribution is -2.13. The van der Waals surface area contributed by atoms with Gasteiger partial charge in [0, 0.05) is 0 Å². The Labute approximate surface area is 56.2 Å². The molecule has 0 aromatic heterocycles. The maximum atomic E-state index is 5.49. The van der Waals surface area contributed by atoms with E-state index in [9.17, 15) is 0 Å². The third kappa shape index (κ3) is 1.68. The topological polar surface area (TPSA) is 26.0 Å². The Balaban J connectivity index is 2.51. The molecule has 0 fully saturated rings. The van der Waals surface area contributed by atoms with Gasteiger partial charge in [-0.2, -0.15) is 0 Å². The summed E-state index contributed by atoms with van der Waals surface area (Å²) in [5.41, 5.74) is 6.92. The minimum Gasteiger partial charge on any atom is -0.330 e. The molecule has 0 amide bonds. The van der Waals surface area contributed by atoms with E-state index >= 15 is 0 Å². The van der Waals surface area contributed by atoms with Gasteiger partial charge < -0.3 is 5.73 Å². The fourth-order valence-electron chi connectivity index (χ4n) is 1.09. The highest BCUT2D eigenvalue weighted by Gasteiger charge is 2.04. The van der Waals surface area contributed by atoms with Gasteiger partial charge in [0.25, 0.3) is 0 Å². The molecule has 9 heavy (non-hydrogen) atoms. The maximum Gasteiger partial charge on any atom is -0.00110 e. The first-order valence-corrected chi connectivity index (χ1v) is 3.37. The molecule has 50 valence electrons. The first-order valence-electron chi connectivity index (χ1n) is 3.37. The molecular weight excluding hydrogens is 110 g/mol. The summed E-state index contributed by atoms with van der Waals surface area (Å²) in [7, 11) is 0. The Morgan fingerprint density at radius 3 is 3.00 bits per heavy atom. The van der Waals surface area contributed by atoms with E-state index in [0.717, 1.165) is 13.0 Å². The highest BCUT2D eigenvalue weighted by Crippen LogP contribution is 2.15. The van der Waals surface area contributed by atoms with Crippen molar-refractivity contribution < 1.29 is 0 Å². The molecule has 1 aliphatic carbocycles. The molecule has 1 aliphatic rings. The zero-order valence-corrected chi connectivity index (χ0v) is 5.80. The maximum absolute atomic E-state index is 5.49. The molecule has 0 radical (unpaired) electrons. The largest absolute Gasteiger partial charge is 0.330 e. The molecule has 0 saturated carbocycles. The standard InChI is InChI=1S/C8H13N/c1-7-3-2-4-8(5-7)6-9/h2-4,8H,5-6,9H2,1H3. The molecule has 1 atom stereocenters. The molecule has 1 rings (SSSR count). The highest BCUT2D eigenvalue weighted by atomic mass is 14.5. The van der Waals surface area contributed by atoms with Gasteiger partial charge in [-0.3, -0.25) is 0 Å². The van der Waals surface area contributed by atoms with Crippen LogP contribution in [0.25, 0.3) is 0 Å². The van der Waals surface area contributed by atoms with Crippen LogP contribution in [-0.2, 0) is 0 Å². The van der Waals surface area contributed by atoms with E-state index in [2.05, 4.69) is 25.2 Å². The van der Waals surface area contributed by atoms with Crippen molar-refractivity contribution in [1.82, 2.24) is 0 Å². The van der Waals surface area contributed by atoms with E-state index in [1.165, 1.54) is 5.57 Å². The van der Waals surface area contributed by atoms with Crippen molar-refractivity contribution in [3.05, 3.63) is 23.8 Å². The molecule has 0 bridgehead atoms. The summed E-state index contributed by atoms with van der Waals surface area (Å²) >= 11 is 0. The van der Waals surface area contributed by atoms with E-state index in [-0.39, 0.29) is 0 Å². The third-order valence-corrected chi connectivity index (χ3v) is 1.65. The molecule has 0 heterocycles. The zero-order chi connectivity index (χ0) is 6.69. The van der Waals surface area contributed by atoms with E-state index in [0.29, 0.717) is 5.92 Å². The van der Waals surface area contributed by atoms with Crippen LogP contribution in [0.5, 0.6) is 0 Å². The predicted octanol–water partition coefficient (Wildman–Crippen LogP) is 1.47. The van der Waals surface area contributed by atoms with Crippen molar-refractivity contribution >= 4 is 0 Å². The van der Waals surface area contributed by atoms with Gasteiger partial charge in [0.1, 0.15) is 0 Å². The molecule has 0 aliphatic heterocycles. The molecule has 1 heteroatoms. The fraction of sp³-hybridized carbons (Fsp3) is 0.500. The molecule has 0 saturated heterocycles. The van der Waals surface area contributed by atoms with Gasteiger partial charge in [-0.15, -0.1) is 0 Å². The Morgan fingerprint density at radius 1 is 1.78 bits per heavy atom. The van der Waals surface area contributed by atoms with Crippen molar-refractivity contribution in [3.63, 3.8) is 0 Å². The molecule has 0 spiro atoms. The number of hydrogen-bond acceptors (Lipinski definition) is 1. The predicted molar refractivity (Wildman–Crippen MR) is 40.1 cm³/mol. The van der Waals surface area contributed by atoms with Crippen LogP contribution in [0, 0.1) is 5.92 Å². The second kappa shape index (κ2) is 2.83. The van der Waals surface area contributed by atoms with Crippen LogP contribution < -0.4 is 5.73 Å². The summed E-state index contributed by atoms with van der Waals surface area (Å²) in [5, 5.41) is 0. The van der Waals surface area contributed by atoms with Gasteiger partial charge in [0.15, 0.2) is 0 Å². The fourth-order valence-corrected chi connectivity index (χ4v) is 1.09. The van der Waals surface area contributed by atoms with Gasteiger partial charge >= 0.3 is 0 Å². The van der Waals surface area contributed by atoms with Crippen LogP contribution >= 0.6 is 0 Å². The number of nitrogens with two attached hydrogens (primary N) is 1. The summed E-state index contributed by atoms with van der Waals surface area (Å²) in [6.07, 6.45) is 7.56. The lowest BCUT2D eigenvalue weighted by atomic mass is 9.96. The minimum absolute atomic E-state index is 0.593. The molecule has 1 unspecified atom stereocenters. The van der Waals surface area contributed by atoms with Gasteiger partial charge in [-0.1, -0.05) is 23.8 Å². The van der Waals surface area contributed by atoms with Gasteiger partial charge in [0.2, 0.25) is 0 Å². The van der Waals surface area contributed by atoms with Crippen LogP contribution in [0.1, 0.15) is 13.3 Å². The number of allylic oxidation sites excluding steroid dienone is 3. The summed E-state index contributed by atoms with van der Waals surface area (Å²) in [5.74, 6) is 0.593. The summed E-state index contributed by atoms with van der Waals surface area (Å²) < 4.78 is 0. The average molecular weight is 123 g/mol. The second-order valence-electron chi connectivity index (χ2n) is 2.60. The van der Waals surface area contributed by atoms with Crippen LogP contribution in [0.2, 0.25) is 0 Å². The Hall–Kier alpha value is -0.560. The lowest BCUT2D eigenvalue weighted by Gasteiger charge is -2.12. The average Bonchev–Trinajstić information content (AvgIpc) is 1.88. The van der Waals surface area contributed by atoms with Crippen LogP contribution in [-0.4, -0.2) is 6.54 Å². The van der Waals surface area contributed by atoms with Crippen LogP contribution in [0.15, 0.2) is 23.8 Å². The molecular formula is C8H13N. The van der Waals surface area contributed by atoms with Crippen LogP contribution in [0.4, 0.5) is 0 Å². The number of rotatable bonds is 1. The highest BCUT2D eigenvalue weighted by molar-refractivity contribution is 5.18. The first kappa shape index (κ1) is 6.56. The summed E-state index contributed by atoms with van der Waals surface area (Å²) in [6.45, 7) is 2.92. The number of hydrogen-bond donors (Lipinski definition) is 1. The van der Waals surface area contributed by atoms with E-state index in [1.807, 2.05) is 0 Å². The van der Waals surface area contributed by atoms with Gasteiger partial charge in [-0.25, -0.2) is 0 Å². The molecule has 1 nitrogen and oxygen atoms in total. The van der Waals surface area contributed by atoms with Crippen molar-refractivity contribution in [2.45, 2.75) is 13.3 Å². The smallest absolute Gasteiger partial charge is 0.00110 e. The first-order chi connectivity index (χ1) is 4.33. The van der Waals surface area contributed by atoms with E-state index < -0.39 is 0 Å². The second-order valence-corrected chi connectivity index (χ2v) is 2.60. The quantitative estimate of drug-likeness (QED) is 0.561. The normalized spacial score (nSPS) is 26.0. The zero-order valence-electron chi connectivity index (χ0n) is 5.80. The minimum atomic E-state index is 0.593. The van der Waals surface area contributed by atoms with Gasteiger partial charge in [0.05, 0.1) is 0 Å². The van der Waals surface area contributed by atoms with Crippen molar-refractivity contribution in [1.29, 1.82) is 0 Å². The molecule has 0 aromatic carbocycles. The van der Waals surface area contributed by atoms with Crippen LogP contribution in [0.3, 0.4) is 0 Å². The SMILES string of the molecule is CC1=CC=CC(CN)C1. The Kier molecular flexibility index (Phi) is 2.06. The van der Waals surface area contributed by atoms with Crippen molar-refractivity contribution in [2.24, 2.45) is 11.7 Å². The molecule has 2 N–H and O–H groups in total. The van der Waals surface area contributed by atoms with Crippen molar-refractivity contribution in [3.8, 4) is 0 Å². The summed E-state index contributed by atoms with van der Waals surface area (Å²) in [6, 6.07) is 0. The van der Waals surface area contributed by atoms with Gasteiger partial charge in [-0.05, 0) is 25.8 Å².